The highest BCUT2D eigenvalue weighted by Crippen LogP contribution is 2.33. The zero-order valence-corrected chi connectivity index (χ0v) is 13.1. The standard InChI is InChI=1S/C15H26N4O/c1-5-16-12-10-14(18-13(17-12)11-20-6-2)19-9-7-8-15(19,3)4/h10H,5-9,11H2,1-4H3,(H,16,17,18). The molecule has 1 N–H and O–H groups in total. The van der Waals surface area contributed by atoms with Gasteiger partial charge in [-0.05, 0) is 40.5 Å². The molecule has 1 fully saturated rings. The van der Waals surface area contributed by atoms with E-state index >= 15 is 0 Å². The first-order valence-electron chi connectivity index (χ1n) is 7.54. The predicted octanol–water partition coefficient (Wildman–Crippen LogP) is 2.82. The minimum atomic E-state index is 0.167. The molecule has 1 saturated heterocycles. The lowest BCUT2D eigenvalue weighted by Crippen LogP contribution is -2.39. The zero-order valence-electron chi connectivity index (χ0n) is 13.1. The molecule has 0 bridgehead atoms. The van der Waals surface area contributed by atoms with Crippen molar-refractivity contribution in [3.63, 3.8) is 0 Å². The van der Waals surface area contributed by atoms with Crippen LogP contribution in [0.5, 0.6) is 0 Å². The van der Waals surface area contributed by atoms with E-state index in [1.165, 1.54) is 12.8 Å². The van der Waals surface area contributed by atoms with Gasteiger partial charge in [-0.2, -0.15) is 0 Å². The SMILES string of the molecule is CCNc1cc(N2CCCC2(C)C)nc(COCC)n1. The molecule has 2 heterocycles. The summed E-state index contributed by atoms with van der Waals surface area (Å²) in [4.78, 5) is 11.6. The number of hydrogen-bond donors (Lipinski definition) is 1. The van der Waals surface area contributed by atoms with E-state index in [0.29, 0.717) is 13.2 Å². The fourth-order valence-corrected chi connectivity index (χ4v) is 2.68. The van der Waals surface area contributed by atoms with E-state index in [0.717, 1.165) is 30.5 Å². The van der Waals surface area contributed by atoms with Crippen LogP contribution in [0.2, 0.25) is 0 Å². The molecular weight excluding hydrogens is 252 g/mol. The lowest BCUT2D eigenvalue weighted by molar-refractivity contribution is 0.128. The first kappa shape index (κ1) is 15.0. The molecule has 5 nitrogen and oxygen atoms in total. The first-order valence-corrected chi connectivity index (χ1v) is 7.54. The first-order chi connectivity index (χ1) is 9.56. The van der Waals surface area contributed by atoms with Crippen molar-refractivity contribution in [1.82, 2.24) is 9.97 Å². The van der Waals surface area contributed by atoms with Crippen LogP contribution in [0.1, 0.15) is 46.4 Å². The summed E-state index contributed by atoms with van der Waals surface area (Å²) in [6.45, 7) is 11.7. The summed E-state index contributed by atoms with van der Waals surface area (Å²) in [5, 5.41) is 3.28. The Morgan fingerprint density at radius 3 is 2.75 bits per heavy atom. The lowest BCUT2D eigenvalue weighted by atomic mass is 10.0. The number of rotatable bonds is 6. The molecule has 5 heteroatoms. The molecule has 1 aliphatic heterocycles. The molecule has 0 atom stereocenters. The lowest BCUT2D eigenvalue weighted by Gasteiger charge is -2.33. The summed E-state index contributed by atoms with van der Waals surface area (Å²) in [5.74, 6) is 2.64. The Bertz CT molecular complexity index is 447. The third kappa shape index (κ3) is 3.39. The predicted molar refractivity (Wildman–Crippen MR) is 82.2 cm³/mol. The fraction of sp³-hybridized carbons (Fsp3) is 0.733. The largest absolute Gasteiger partial charge is 0.374 e. The Hall–Kier alpha value is -1.36. The second-order valence-electron chi connectivity index (χ2n) is 5.76. The van der Waals surface area contributed by atoms with E-state index < -0.39 is 0 Å². The second-order valence-corrected chi connectivity index (χ2v) is 5.76. The van der Waals surface area contributed by atoms with Crippen LogP contribution in [-0.2, 0) is 11.3 Å². The maximum Gasteiger partial charge on any atom is 0.158 e. The van der Waals surface area contributed by atoms with Crippen molar-refractivity contribution in [1.29, 1.82) is 0 Å². The summed E-state index contributed by atoms with van der Waals surface area (Å²) in [6.07, 6.45) is 2.42. The maximum absolute atomic E-state index is 5.45. The third-order valence-electron chi connectivity index (χ3n) is 3.73. The van der Waals surface area contributed by atoms with Crippen LogP contribution in [0.25, 0.3) is 0 Å². The molecule has 2 rings (SSSR count). The van der Waals surface area contributed by atoms with E-state index in [1.54, 1.807) is 0 Å². The smallest absolute Gasteiger partial charge is 0.158 e. The molecule has 0 aromatic carbocycles. The monoisotopic (exact) mass is 278 g/mol. The van der Waals surface area contributed by atoms with Gasteiger partial charge < -0.3 is 15.0 Å². The Labute approximate surface area is 121 Å². The van der Waals surface area contributed by atoms with Crippen molar-refractivity contribution >= 4 is 11.6 Å². The molecule has 20 heavy (non-hydrogen) atoms. The van der Waals surface area contributed by atoms with Crippen LogP contribution in [0.4, 0.5) is 11.6 Å². The van der Waals surface area contributed by atoms with Gasteiger partial charge >= 0.3 is 0 Å². The van der Waals surface area contributed by atoms with E-state index in [2.05, 4.69) is 41.0 Å². The normalized spacial score (nSPS) is 17.5. The number of ether oxygens (including phenoxy) is 1. The van der Waals surface area contributed by atoms with E-state index in [9.17, 15) is 0 Å². The van der Waals surface area contributed by atoms with Crippen molar-refractivity contribution < 1.29 is 4.74 Å². The molecule has 112 valence electrons. The van der Waals surface area contributed by atoms with E-state index in [-0.39, 0.29) is 5.54 Å². The average Bonchev–Trinajstić information content (AvgIpc) is 2.76. The molecule has 1 aromatic rings. The van der Waals surface area contributed by atoms with E-state index in [1.807, 2.05) is 13.0 Å². The van der Waals surface area contributed by atoms with Gasteiger partial charge in [-0.3, -0.25) is 0 Å². The van der Waals surface area contributed by atoms with Gasteiger partial charge in [0.2, 0.25) is 0 Å². The van der Waals surface area contributed by atoms with Gasteiger partial charge in [-0.25, -0.2) is 9.97 Å². The Morgan fingerprint density at radius 1 is 1.35 bits per heavy atom. The molecule has 0 spiro atoms. The van der Waals surface area contributed by atoms with Crippen molar-refractivity contribution in [2.75, 3.05) is 29.9 Å². The molecule has 0 saturated carbocycles. The number of aromatic nitrogens is 2. The zero-order chi connectivity index (χ0) is 14.6. The molecule has 0 radical (unpaired) electrons. The molecular formula is C15H26N4O. The van der Waals surface area contributed by atoms with Gasteiger partial charge in [0.05, 0.1) is 0 Å². The summed E-state index contributed by atoms with van der Waals surface area (Å²) in [7, 11) is 0. The highest BCUT2D eigenvalue weighted by molar-refractivity contribution is 5.51. The topological polar surface area (TPSA) is 50.3 Å². The number of nitrogens with one attached hydrogen (secondary N) is 1. The maximum atomic E-state index is 5.45. The Kier molecular flexibility index (Phi) is 4.81. The van der Waals surface area contributed by atoms with Crippen LogP contribution in [0.15, 0.2) is 6.07 Å². The van der Waals surface area contributed by atoms with Gasteiger partial charge in [0.15, 0.2) is 5.82 Å². The second kappa shape index (κ2) is 6.39. The van der Waals surface area contributed by atoms with Gasteiger partial charge in [-0.1, -0.05) is 0 Å². The summed E-state index contributed by atoms with van der Waals surface area (Å²) < 4.78 is 5.45. The van der Waals surface area contributed by atoms with Crippen molar-refractivity contribution in [3.8, 4) is 0 Å². The average molecular weight is 278 g/mol. The Morgan fingerprint density at radius 2 is 2.15 bits per heavy atom. The van der Waals surface area contributed by atoms with Crippen LogP contribution in [0.3, 0.4) is 0 Å². The van der Waals surface area contributed by atoms with Crippen LogP contribution in [-0.4, -0.2) is 35.2 Å². The van der Waals surface area contributed by atoms with Crippen LogP contribution < -0.4 is 10.2 Å². The van der Waals surface area contributed by atoms with Gasteiger partial charge in [0, 0.05) is 31.3 Å². The minimum Gasteiger partial charge on any atom is -0.374 e. The highest BCUT2D eigenvalue weighted by Gasteiger charge is 2.33. The quantitative estimate of drug-likeness (QED) is 0.867. The fourth-order valence-electron chi connectivity index (χ4n) is 2.68. The molecule has 1 aromatic heterocycles. The van der Waals surface area contributed by atoms with Crippen molar-refractivity contribution in [2.45, 2.75) is 52.7 Å². The number of hydrogen-bond acceptors (Lipinski definition) is 5. The molecule has 0 amide bonds. The van der Waals surface area contributed by atoms with Gasteiger partial charge in [-0.15, -0.1) is 0 Å². The Balaban J connectivity index is 2.28. The summed E-state index contributed by atoms with van der Waals surface area (Å²) in [5.41, 5.74) is 0.167. The minimum absolute atomic E-state index is 0.167. The molecule has 0 unspecified atom stereocenters. The summed E-state index contributed by atoms with van der Waals surface area (Å²) in [6, 6.07) is 2.05. The van der Waals surface area contributed by atoms with Gasteiger partial charge in [0.25, 0.3) is 0 Å². The number of nitrogens with zero attached hydrogens (tertiary/aromatic N) is 3. The van der Waals surface area contributed by atoms with Crippen molar-refractivity contribution in [2.24, 2.45) is 0 Å². The third-order valence-corrected chi connectivity index (χ3v) is 3.73. The highest BCUT2D eigenvalue weighted by atomic mass is 16.5. The summed E-state index contributed by atoms with van der Waals surface area (Å²) >= 11 is 0. The van der Waals surface area contributed by atoms with Crippen molar-refractivity contribution in [3.05, 3.63) is 11.9 Å². The van der Waals surface area contributed by atoms with Crippen LogP contribution in [0, 0.1) is 0 Å². The molecule has 0 aliphatic carbocycles. The molecule has 1 aliphatic rings. The van der Waals surface area contributed by atoms with E-state index in [4.69, 9.17) is 4.74 Å². The van der Waals surface area contributed by atoms with Gasteiger partial charge in [0.1, 0.15) is 18.2 Å². The van der Waals surface area contributed by atoms with Crippen LogP contribution >= 0.6 is 0 Å². The number of anilines is 2.